The SMILES string of the molecule is O=C(CC1c2ccccc2-c2cncn21)NCCc1ccccn1. The zero-order valence-corrected chi connectivity index (χ0v) is 13.2. The maximum atomic E-state index is 12.4. The van der Waals surface area contributed by atoms with Crippen molar-refractivity contribution in [1.82, 2.24) is 19.9 Å². The molecule has 120 valence electrons. The summed E-state index contributed by atoms with van der Waals surface area (Å²) in [6.45, 7) is 0.598. The molecule has 24 heavy (non-hydrogen) atoms. The molecule has 0 radical (unpaired) electrons. The van der Waals surface area contributed by atoms with E-state index in [0.717, 1.165) is 17.8 Å². The number of nitrogens with zero attached hydrogens (tertiary/aromatic N) is 3. The number of hydrogen-bond acceptors (Lipinski definition) is 3. The van der Waals surface area contributed by atoms with Gasteiger partial charge in [-0.25, -0.2) is 4.98 Å². The molecular formula is C19H18N4O. The van der Waals surface area contributed by atoms with E-state index in [9.17, 15) is 4.79 Å². The molecule has 0 bridgehead atoms. The minimum Gasteiger partial charge on any atom is -0.356 e. The van der Waals surface area contributed by atoms with Crippen molar-refractivity contribution in [3.8, 4) is 11.3 Å². The fourth-order valence-electron chi connectivity index (χ4n) is 3.26. The summed E-state index contributed by atoms with van der Waals surface area (Å²) in [5.74, 6) is 0.0484. The third-order valence-corrected chi connectivity index (χ3v) is 4.41. The van der Waals surface area contributed by atoms with Gasteiger partial charge < -0.3 is 9.88 Å². The molecule has 5 nitrogen and oxygen atoms in total. The number of aromatic nitrogens is 3. The van der Waals surface area contributed by atoms with Crippen molar-refractivity contribution in [3.05, 3.63) is 72.4 Å². The molecule has 0 saturated carbocycles. The average molecular weight is 318 g/mol. The summed E-state index contributed by atoms with van der Waals surface area (Å²) in [5.41, 5.74) is 4.42. The Morgan fingerprint density at radius 3 is 2.92 bits per heavy atom. The molecule has 1 aromatic carbocycles. The number of rotatable bonds is 5. The smallest absolute Gasteiger partial charge is 0.222 e. The van der Waals surface area contributed by atoms with E-state index < -0.39 is 0 Å². The molecule has 1 N–H and O–H groups in total. The molecule has 0 saturated heterocycles. The summed E-state index contributed by atoms with van der Waals surface area (Å²) < 4.78 is 2.09. The van der Waals surface area contributed by atoms with Gasteiger partial charge in [0, 0.05) is 30.4 Å². The van der Waals surface area contributed by atoms with E-state index in [1.807, 2.05) is 36.5 Å². The van der Waals surface area contributed by atoms with Crippen LogP contribution in [0.5, 0.6) is 0 Å². The van der Waals surface area contributed by atoms with E-state index in [2.05, 4.69) is 32.0 Å². The van der Waals surface area contributed by atoms with Crippen LogP contribution in [0.2, 0.25) is 0 Å². The van der Waals surface area contributed by atoms with Crippen LogP contribution in [0.25, 0.3) is 11.3 Å². The maximum absolute atomic E-state index is 12.4. The zero-order valence-electron chi connectivity index (χ0n) is 13.2. The van der Waals surface area contributed by atoms with Gasteiger partial charge in [-0.05, 0) is 17.7 Å². The summed E-state index contributed by atoms with van der Waals surface area (Å²) in [6, 6.07) is 14.1. The lowest BCUT2D eigenvalue weighted by molar-refractivity contribution is -0.121. The maximum Gasteiger partial charge on any atom is 0.222 e. The number of amides is 1. The molecule has 0 fully saturated rings. The highest BCUT2D eigenvalue weighted by atomic mass is 16.1. The Kier molecular flexibility index (Phi) is 3.83. The Labute approximate surface area is 140 Å². The number of carbonyl (C=O) groups is 1. The van der Waals surface area contributed by atoms with Crippen molar-refractivity contribution >= 4 is 5.91 Å². The van der Waals surface area contributed by atoms with E-state index >= 15 is 0 Å². The van der Waals surface area contributed by atoms with Gasteiger partial charge in [0.25, 0.3) is 0 Å². The molecule has 1 amide bonds. The zero-order chi connectivity index (χ0) is 16.4. The molecule has 2 aromatic heterocycles. The van der Waals surface area contributed by atoms with Gasteiger partial charge in [-0.1, -0.05) is 30.3 Å². The highest BCUT2D eigenvalue weighted by molar-refractivity contribution is 5.79. The van der Waals surface area contributed by atoms with Crippen molar-refractivity contribution in [1.29, 1.82) is 0 Å². The molecule has 5 heteroatoms. The van der Waals surface area contributed by atoms with E-state index in [0.29, 0.717) is 13.0 Å². The lowest BCUT2D eigenvalue weighted by atomic mass is 10.0. The number of benzene rings is 1. The summed E-state index contributed by atoms with van der Waals surface area (Å²) in [6.07, 6.45) is 6.60. The van der Waals surface area contributed by atoms with Crippen LogP contribution in [0, 0.1) is 0 Å². The highest BCUT2D eigenvalue weighted by Crippen LogP contribution is 2.40. The second-order valence-electron chi connectivity index (χ2n) is 5.91. The van der Waals surface area contributed by atoms with Crippen molar-refractivity contribution in [2.75, 3.05) is 6.54 Å². The Morgan fingerprint density at radius 1 is 1.17 bits per heavy atom. The summed E-state index contributed by atoms with van der Waals surface area (Å²) in [7, 11) is 0. The predicted molar refractivity (Wildman–Crippen MR) is 91.4 cm³/mol. The first-order valence-electron chi connectivity index (χ1n) is 8.10. The van der Waals surface area contributed by atoms with Gasteiger partial charge in [0.05, 0.1) is 30.7 Å². The van der Waals surface area contributed by atoms with Gasteiger partial charge in [0.2, 0.25) is 5.91 Å². The normalized spacial score (nSPS) is 14.9. The second kappa shape index (κ2) is 6.28. The minimum absolute atomic E-state index is 0.0218. The molecule has 1 atom stereocenters. The van der Waals surface area contributed by atoms with Crippen LogP contribution in [0.15, 0.2) is 61.2 Å². The lowest BCUT2D eigenvalue weighted by Crippen LogP contribution is -2.28. The van der Waals surface area contributed by atoms with Gasteiger partial charge in [0.1, 0.15) is 0 Å². The Bertz CT molecular complexity index is 857. The minimum atomic E-state index is 0.0218. The molecule has 3 aromatic rings. The van der Waals surface area contributed by atoms with E-state index in [4.69, 9.17) is 0 Å². The Hall–Kier alpha value is -2.95. The molecule has 1 aliphatic heterocycles. The predicted octanol–water partition coefficient (Wildman–Crippen LogP) is 2.60. The van der Waals surface area contributed by atoms with Crippen molar-refractivity contribution < 1.29 is 4.79 Å². The monoisotopic (exact) mass is 318 g/mol. The number of imidazole rings is 1. The molecule has 0 aliphatic carbocycles. The topological polar surface area (TPSA) is 59.8 Å². The standard InChI is InChI=1S/C19H18N4O/c24-19(22-10-8-14-5-3-4-9-21-14)11-17-15-6-1-2-7-16(15)18-12-20-13-23(17)18/h1-7,9,12-13,17H,8,10-11H2,(H,22,24). The number of hydrogen-bond donors (Lipinski definition) is 1. The van der Waals surface area contributed by atoms with Gasteiger partial charge in [-0.2, -0.15) is 0 Å². The number of carbonyl (C=O) groups excluding carboxylic acids is 1. The van der Waals surface area contributed by atoms with Crippen LogP contribution in [-0.4, -0.2) is 27.0 Å². The van der Waals surface area contributed by atoms with Crippen molar-refractivity contribution in [2.45, 2.75) is 18.9 Å². The van der Waals surface area contributed by atoms with E-state index in [1.165, 1.54) is 11.1 Å². The van der Waals surface area contributed by atoms with Gasteiger partial charge >= 0.3 is 0 Å². The fraction of sp³-hybridized carbons (Fsp3) is 0.211. The van der Waals surface area contributed by atoms with Crippen molar-refractivity contribution in [3.63, 3.8) is 0 Å². The number of nitrogens with one attached hydrogen (secondary N) is 1. The molecule has 0 spiro atoms. The molecule has 1 aliphatic rings. The van der Waals surface area contributed by atoms with Crippen LogP contribution in [0.1, 0.15) is 23.7 Å². The number of pyridine rings is 1. The summed E-state index contributed by atoms with van der Waals surface area (Å²) >= 11 is 0. The Balaban J connectivity index is 1.41. The molecule has 4 rings (SSSR count). The average Bonchev–Trinajstić information content (AvgIpc) is 3.19. The van der Waals surface area contributed by atoms with Crippen LogP contribution in [-0.2, 0) is 11.2 Å². The quantitative estimate of drug-likeness (QED) is 0.786. The third-order valence-electron chi connectivity index (χ3n) is 4.41. The Morgan fingerprint density at radius 2 is 2.04 bits per heavy atom. The first-order valence-corrected chi connectivity index (χ1v) is 8.10. The molecule has 3 heterocycles. The van der Waals surface area contributed by atoms with Crippen LogP contribution < -0.4 is 5.32 Å². The molecule has 1 unspecified atom stereocenters. The van der Waals surface area contributed by atoms with Gasteiger partial charge in [0.15, 0.2) is 0 Å². The first-order chi connectivity index (χ1) is 11.8. The third kappa shape index (κ3) is 2.69. The highest BCUT2D eigenvalue weighted by Gasteiger charge is 2.29. The van der Waals surface area contributed by atoms with Crippen LogP contribution >= 0.6 is 0 Å². The lowest BCUT2D eigenvalue weighted by Gasteiger charge is -2.14. The van der Waals surface area contributed by atoms with E-state index in [1.54, 1.807) is 12.5 Å². The number of fused-ring (bicyclic) bond motifs is 3. The summed E-state index contributed by atoms with van der Waals surface area (Å²) in [5, 5.41) is 3.00. The summed E-state index contributed by atoms with van der Waals surface area (Å²) in [4.78, 5) is 20.9. The van der Waals surface area contributed by atoms with Gasteiger partial charge in [-0.15, -0.1) is 0 Å². The first kappa shape index (κ1) is 14.6. The van der Waals surface area contributed by atoms with E-state index in [-0.39, 0.29) is 11.9 Å². The van der Waals surface area contributed by atoms with Crippen molar-refractivity contribution in [2.24, 2.45) is 0 Å². The van der Waals surface area contributed by atoms with Crippen LogP contribution in [0.4, 0.5) is 0 Å². The largest absolute Gasteiger partial charge is 0.356 e. The van der Waals surface area contributed by atoms with Gasteiger partial charge in [-0.3, -0.25) is 9.78 Å². The van der Waals surface area contributed by atoms with Crippen LogP contribution in [0.3, 0.4) is 0 Å². The fourth-order valence-corrected chi connectivity index (χ4v) is 3.26. The second-order valence-corrected chi connectivity index (χ2v) is 5.91. The molecular weight excluding hydrogens is 300 g/mol.